The molecule has 2 aromatic carbocycles. The molecule has 1 fully saturated rings. The highest BCUT2D eigenvalue weighted by Gasteiger charge is 2.36. The number of carbonyl (C=O) groups excluding carboxylic acids is 2. The summed E-state index contributed by atoms with van der Waals surface area (Å²) >= 11 is 13.1. The smallest absolute Gasteiger partial charge is 0.261 e. The van der Waals surface area contributed by atoms with Crippen LogP contribution in [0.25, 0.3) is 0 Å². The quantitative estimate of drug-likeness (QED) is 0.424. The van der Waals surface area contributed by atoms with E-state index in [1.807, 2.05) is 41.3 Å². The Morgan fingerprint density at radius 3 is 2.41 bits per heavy atom. The van der Waals surface area contributed by atoms with Gasteiger partial charge in [-0.2, -0.15) is 0 Å². The molecule has 2 N–H and O–H groups in total. The molecule has 0 atom stereocenters. The van der Waals surface area contributed by atoms with Crippen LogP contribution < -0.4 is 14.5 Å². The van der Waals surface area contributed by atoms with E-state index in [0.717, 1.165) is 24.3 Å². The molecule has 0 aromatic heterocycles. The Morgan fingerprint density at radius 2 is 1.71 bits per heavy atom. The number of benzene rings is 2. The van der Waals surface area contributed by atoms with E-state index in [2.05, 4.69) is 11.0 Å². The largest absolute Gasteiger partial charge is 0.455 e. The molecular formula is C31H33Cl2N3O5. The summed E-state index contributed by atoms with van der Waals surface area (Å²) in [7, 11) is 0. The van der Waals surface area contributed by atoms with E-state index in [-0.39, 0.29) is 53.6 Å². The van der Waals surface area contributed by atoms with Crippen LogP contribution in [0.1, 0.15) is 36.0 Å². The van der Waals surface area contributed by atoms with Gasteiger partial charge in [-0.15, -0.1) is 0 Å². The summed E-state index contributed by atoms with van der Waals surface area (Å²) in [6.45, 7) is 0.889. The number of hydrogen-bond acceptors (Lipinski definition) is 6. The van der Waals surface area contributed by atoms with Crippen LogP contribution in [-0.4, -0.2) is 72.4 Å². The van der Waals surface area contributed by atoms with Crippen molar-refractivity contribution in [3.63, 3.8) is 0 Å². The number of hydrogen-bond donors (Lipinski definition) is 2. The predicted molar refractivity (Wildman–Crippen MR) is 161 cm³/mol. The maximum atomic E-state index is 14.1. The first-order valence-corrected chi connectivity index (χ1v) is 14.6. The molecule has 5 rings (SSSR count). The topological polar surface area (TPSA) is 93.6 Å². The second-order valence-corrected chi connectivity index (χ2v) is 10.9. The number of para-hydroxylation sites is 2. The van der Waals surface area contributed by atoms with Gasteiger partial charge in [0.1, 0.15) is 11.5 Å². The fourth-order valence-electron chi connectivity index (χ4n) is 5.17. The lowest BCUT2D eigenvalue weighted by molar-refractivity contribution is -0.115. The van der Waals surface area contributed by atoms with Crippen molar-refractivity contribution in [2.75, 3.05) is 49.2 Å². The van der Waals surface area contributed by atoms with Gasteiger partial charge in [-0.3, -0.25) is 9.59 Å². The van der Waals surface area contributed by atoms with Crippen molar-refractivity contribution in [3.05, 3.63) is 87.6 Å². The molecule has 0 spiro atoms. The first-order valence-electron chi connectivity index (χ1n) is 13.9. The van der Waals surface area contributed by atoms with Crippen molar-refractivity contribution in [1.29, 1.82) is 0 Å². The Kier molecular flexibility index (Phi) is 9.35. The van der Waals surface area contributed by atoms with Gasteiger partial charge in [0.2, 0.25) is 0 Å². The predicted octanol–water partition coefficient (Wildman–Crippen LogP) is 4.97. The zero-order chi connectivity index (χ0) is 28.9. The van der Waals surface area contributed by atoms with Crippen LogP contribution >= 0.6 is 23.2 Å². The van der Waals surface area contributed by atoms with Crippen LogP contribution in [0.3, 0.4) is 0 Å². The van der Waals surface area contributed by atoms with Gasteiger partial charge in [-0.25, -0.2) is 0 Å². The number of amides is 2. The molecule has 0 radical (unpaired) electrons. The van der Waals surface area contributed by atoms with E-state index in [4.69, 9.17) is 27.9 Å². The number of allylic oxidation sites excluding steroid dienone is 4. The molecule has 41 heavy (non-hydrogen) atoms. The molecule has 3 aliphatic rings. The minimum atomic E-state index is -0.473. The first-order chi connectivity index (χ1) is 19.9. The van der Waals surface area contributed by atoms with E-state index in [9.17, 15) is 19.8 Å². The third kappa shape index (κ3) is 6.46. The third-order valence-electron chi connectivity index (χ3n) is 7.34. The molecule has 2 aromatic rings. The van der Waals surface area contributed by atoms with Gasteiger partial charge in [0.15, 0.2) is 0 Å². The van der Waals surface area contributed by atoms with Crippen molar-refractivity contribution in [3.8, 4) is 5.75 Å². The molecule has 0 unspecified atom stereocenters. The molecule has 0 bridgehead atoms. The van der Waals surface area contributed by atoms with Gasteiger partial charge >= 0.3 is 0 Å². The molecule has 1 heterocycles. The highest BCUT2D eigenvalue weighted by molar-refractivity contribution is 6.36. The van der Waals surface area contributed by atoms with Crippen LogP contribution in [-0.2, 0) is 4.79 Å². The fourth-order valence-corrected chi connectivity index (χ4v) is 5.61. The van der Waals surface area contributed by atoms with Gasteiger partial charge in [0.05, 0.1) is 45.8 Å². The SMILES string of the molecule is O=C(c1cc(Cl)c(OC2=CC=CCCC=C2C(=O)N2CCN(C3CC3)c3ccccc32)cc1Cl)N(CCO)CCO. The maximum absolute atomic E-state index is 14.1. The van der Waals surface area contributed by atoms with E-state index >= 15 is 0 Å². The van der Waals surface area contributed by atoms with Crippen molar-refractivity contribution in [1.82, 2.24) is 4.90 Å². The van der Waals surface area contributed by atoms with E-state index < -0.39 is 5.91 Å². The van der Waals surface area contributed by atoms with E-state index in [1.54, 1.807) is 6.08 Å². The average molecular weight is 599 g/mol. The summed E-state index contributed by atoms with van der Waals surface area (Å²) in [5, 5.41) is 18.8. The van der Waals surface area contributed by atoms with E-state index in [0.29, 0.717) is 30.3 Å². The minimum absolute atomic E-state index is 0.0408. The van der Waals surface area contributed by atoms with Crippen LogP contribution in [0.5, 0.6) is 5.75 Å². The third-order valence-corrected chi connectivity index (χ3v) is 7.95. The summed E-state index contributed by atoms with van der Waals surface area (Å²) < 4.78 is 6.24. The minimum Gasteiger partial charge on any atom is -0.455 e. The van der Waals surface area contributed by atoms with Gasteiger partial charge in [-0.1, -0.05) is 53.6 Å². The summed E-state index contributed by atoms with van der Waals surface area (Å²) in [6, 6.07) is 11.4. The van der Waals surface area contributed by atoms with Crippen molar-refractivity contribution < 1.29 is 24.5 Å². The number of rotatable bonds is 9. The summed E-state index contributed by atoms with van der Waals surface area (Å²) in [6.07, 6.45) is 11.3. The highest BCUT2D eigenvalue weighted by Crippen LogP contribution is 2.41. The molecule has 0 saturated heterocycles. The van der Waals surface area contributed by atoms with Crippen LogP contribution in [0.2, 0.25) is 10.0 Å². The molecule has 216 valence electrons. The van der Waals surface area contributed by atoms with Crippen LogP contribution in [0, 0.1) is 0 Å². The second kappa shape index (κ2) is 13.1. The number of aliphatic hydroxyl groups excluding tert-OH is 2. The Labute approximate surface area is 249 Å². The second-order valence-electron chi connectivity index (χ2n) is 10.1. The van der Waals surface area contributed by atoms with Crippen molar-refractivity contribution in [2.45, 2.75) is 31.7 Å². The number of carbonyl (C=O) groups is 2. The molecular weight excluding hydrogens is 565 g/mol. The fraction of sp³-hybridized carbons (Fsp3) is 0.355. The summed E-state index contributed by atoms with van der Waals surface area (Å²) in [5.41, 5.74) is 2.49. The number of aliphatic hydroxyl groups is 2. The van der Waals surface area contributed by atoms with Crippen molar-refractivity contribution in [2.24, 2.45) is 0 Å². The Morgan fingerprint density at radius 1 is 0.976 bits per heavy atom. The highest BCUT2D eigenvalue weighted by atomic mass is 35.5. The molecule has 2 amide bonds. The molecule has 10 heteroatoms. The normalized spacial score (nSPS) is 16.8. The standard InChI is InChI=1S/C31H33Cl2N3O5/c32-24-20-29(25(33)19-23(24)30(39)34(15-17-37)16-18-38)41-28-10-4-2-1-3-7-22(28)31(40)36-14-13-35(21-11-12-21)26-8-5-6-9-27(26)36/h2,4-10,19-21,37-38H,1,3,11-18H2. The zero-order valence-corrected chi connectivity index (χ0v) is 24.2. The Bertz CT molecular complexity index is 1400. The molecule has 1 saturated carbocycles. The Balaban J connectivity index is 1.42. The van der Waals surface area contributed by atoms with E-state index in [1.165, 1.54) is 29.9 Å². The summed E-state index contributed by atoms with van der Waals surface area (Å²) in [5.74, 6) is -0.110. The number of halogens is 2. The zero-order valence-electron chi connectivity index (χ0n) is 22.6. The first kappa shape index (κ1) is 29.2. The lowest BCUT2D eigenvalue weighted by atomic mass is 10.0. The van der Waals surface area contributed by atoms with Gasteiger partial charge in [-0.05, 0) is 50.0 Å². The van der Waals surface area contributed by atoms with Gasteiger partial charge < -0.3 is 29.6 Å². The molecule has 8 nitrogen and oxygen atoms in total. The molecule has 1 aliphatic heterocycles. The lowest BCUT2D eigenvalue weighted by Crippen LogP contribution is -2.45. The number of ether oxygens (including phenoxy) is 1. The number of fused-ring (bicyclic) bond motifs is 1. The molecule has 2 aliphatic carbocycles. The van der Waals surface area contributed by atoms with Gasteiger partial charge in [0.25, 0.3) is 11.8 Å². The van der Waals surface area contributed by atoms with Crippen molar-refractivity contribution >= 4 is 46.4 Å². The van der Waals surface area contributed by atoms with Crippen LogP contribution in [0.4, 0.5) is 11.4 Å². The monoisotopic (exact) mass is 597 g/mol. The average Bonchev–Trinajstić information content (AvgIpc) is 3.80. The van der Waals surface area contributed by atoms with Gasteiger partial charge in [0, 0.05) is 38.3 Å². The number of anilines is 2. The summed E-state index contributed by atoms with van der Waals surface area (Å²) in [4.78, 5) is 32.6. The number of nitrogens with zero attached hydrogens (tertiary/aromatic N) is 3. The lowest BCUT2D eigenvalue weighted by Gasteiger charge is -2.38. The maximum Gasteiger partial charge on any atom is 0.261 e. The Hall–Kier alpha value is -3.30. The van der Waals surface area contributed by atoms with Crippen LogP contribution in [0.15, 0.2) is 72.0 Å².